The highest BCUT2D eigenvalue weighted by Crippen LogP contribution is 2.26. The van der Waals surface area contributed by atoms with Crippen molar-refractivity contribution in [1.82, 2.24) is 0 Å². The Hall–Kier alpha value is -3.38. The maximum atomic E-state index is 12.7. The molecule has 1 aliphatic rings. The van der Waals surface area contributed by atoms with Crippen LogP contribution in [0.2, 0.25) is 0 Å². The van der Waals surface area contributed by atoms with Gasteiger partial charge in [0.15, 0.2) is 6.04 Å². The topological polar surface area (TPSA) is 93.9 Å². The van der Waals surface area contributed by atoms with Crippen molar-refractivity contribution in [2.24, 2.45) is 0 Å². The van der Waals surface area contributed by atoms with Crippen molar-refractivity contribution in [3.63, 3.8) is 0 Å². The van der Waals surface area contributed by atoms with Gasteiger partial charge in [0.2, 0.25) is 0 Å². The number of aromatic carboxylic acids is 1. The molecule has 6 nitrogen and oxygen atoms in total. The summed E-state index contributed by atoms with van der Waals surface area (Å²) < 4.78 is 0. The van der Waals surface area contributed by atoms with E-state index >= 15 is 0 Å². The molecule has 1 heterocycles. The molecule has 1 fully saturated rings. The Kier molecular flexibility index (Phi) is 9.26. The maximum Gasteiger partial charge on any atom is 0.335 e. The van der Waals surface area contributed by atoms with Gasteiger partial charge in [0, 0.05) is 12.1 Å². The third-order valence-corrected chi connectivity index (χ3v) is 6.74. The van der Waals surface area contributed by atoms with Crippen LogP contribution in [0.15, 0.2) is 54.6 Å². The number of aryl methyl sites for hydroxylation is 2. The van der Waals surface area contributed by atoms with Gasteiger partial charge in [-0.25, -0.2) is 4.79 Å². The summed E-state index contributed by atoms with van der Waals surface area (Å²) in [7, 11) is 0. The first-order valence-electron chi connectivity index (χ1n) is 12.5. The van der Waals surface area contributed by atoms with Gasteiger partial charge in [-0.2, -0.15) is 0 Å². The van der Waals surface area contributed by atoms with Crippen LogP contribution < -0.4 is 15.3 Å². The molecule has 3 aromatic rings. The second-order valence-corrected chi connectivity index (χ2v) is 9.28. The van der Waals surface area contributed by atoms with Crippen molar-refractivity contribution in [3.05, 3.63) is 71.3 Å². The van der Waals surface area contributed by atoms with Gasteiger partial charge in [-0.05, 0) is 61.1 Å². The minimum absolute atomic E-state index is 0.129. The summed E-state index contributed by atoms with van der Waals surface area (Å²) in [6.07, 6.45) is 5.87. The fraction of sp³-hybridized carbons (Fsp3) is 0.379. The zero-order valence-corrected chi connectivity index (χ0v) is 20.9. The summed E-state index contributed by atoms with van der Waals surface area (Å²) >= 11 is 0. The number of carboxylic acid groups (broad SMARTS) is 1. The number of hydrogen-bond acceptors (Lipinski definition) is 3. The van der Waals surface area contributed by atoms with Crippen molar-refractivity contribution in [1.29, 1.82) is 0 Å². The van der Waals surface area contributed by atoms with Crippen LogP contribution in [0.1, 0.15) is 60.5 Å². The summed E-state index contributed by atoms with van der Waals surface area (Å²) in [5.74, 6) is -1.39. The summed E-state index contributed by atoms with van der Waals surface area (Å²) in [6, 6.07) is 16.2. The number of para-hydroxylation sites is 1. The van der Waals surface area contributed by atoms with E-state index < -0.39 is 11.7 Å². The normalized spacial score (nSPS) is 17.3. The van der Waals surface area contributed by atoms with Crippen molar-refractivity contribution < 1.29 is 24.7 Å². The molecule has 186 valence electrons. The smallest absolute Gasteiger partial charge is 0.335 e. The lowest BCUT2D eigenvalue weighted by atomic mass is 10.00. The van der Waals surface area contributed by atoms with Crippen molar-refractivity contribution in [2.75, 3.05) is 18.4 Å². The molecule has 1 saturated heterocycles. The number of anilines is 1. The number of carbonyl (C=O) groups is 2. The van der Waals surface area contributed by atoms with E-state index in [0.29, 0.717) is 5.39 Å². The highest BCUT2D eigenvalue weighted by Gasteiger charge is 2.32. The lowest BCUT2D eigenvalue weighted by molar-refractivity contribution is -0.921. The van der Waals surface area contributed by atoms with E-state index in [9.17, 15) is 14.7 Å². The third-order valence-electron chi connectivity index (χ3n) is 6.74. The Labute approximate surface area is 207 Å². The van der Waals surface area contributed by atoms with Crippen LogP contribution in [0.25, 0.3) is 10.8 Å². The number of piperidine rings is 1. The molecule has 2 unspecified atom stereocenters. The fourth-order valence-electron chi connectivity index (χ4n) is 4.73. The highest BCUT2D eigenvalue weighted by atomic mass is 16.4. The summed E-state index contributed by atoms with van der Waals surface area (Å²) in [5, 5.41) is 24.7. The molecule has 0 aliphatic carbocycles. The highest BCUT2D eigenvalue weighted by molar-refractivity contribution is 6.00. The number of quaternary nitrogens is 1. The third kappa shape index (κ3) is 6.61. The molecule has 2 atom stereocenters. The fourth-order valence-corrected chi connectivity index (χ4v) is 4.73. The van der Waals surface area contributed by atoms with Crippen molar-refractivity contribution in [3.8, 4) is 5.75 Å². The summed E-state index contributed by atoms with van der Waals surface area (Å²) in [5.41, 5.74) is 3.12. The Morgan fingerprint density at radius 1 is 1.03 bits per heavy atom. The van der Waals surface area contributed by atoms with Gasteiger partial charge in [0.25, 0.3) is 5.91 Å². The van der Waals surface area contributed by atoms with Crippen LogP contribution >= 0.6 is 0 Å². The minimum Gasteiger partial charge on any atom is -0.871 e. The van der Waals surface area contributed by atoms with Gasteiger partial charge >= 0.3 is 5.97 Å². The standard InChI is InChI=1S/C18H28N2O.C11H8O3/c1-4-5-12-20-13-7-6-11-16(20)18(21)19-17-14(2)9-8-10-15(17)3;12-10-8-4-2-1-3-7(8)5-6-9(10)11(13)14/h8-10,16H,4-7,11-13H2,1-3H3,(H,19,21);1-6,12H,(H,13,14). The zero-order chi connectivity index (χ0) is 25.4. The minimum atomic E-state index is -1.18. The summed E-state index contributed by atoms with van der Waals surface area (Å²) in [6.45, 7) is 8.61. The van der Waals surface area contributed by atoms with Crippen molar-refractivity contribution >= 4 is 28.3 Å². The number of benzene rings is 3. The predicted molar refractivity (Wildman–Crippen MR) is 138 cm³/mol. The number of hydrogen-bond donors (Lipinski definition) is 3. The first-order chi connectivity index (χ1) is 16.8. The Balaban J connectivity index is 0.000000211. The van der Waals surface area contributed by atoms with Crippen LogP contribution in [-0.2, 0) is 4.79 Å². The number of nitrogens with one attached hydrogen (secondary N) is 2. The van der Waals surface area contributed by atoms with Crippen LogP contribution in [0, 0.1) is 13.8 Å². The molecule has 1 amide bonds. The monoisotopic (exact) mass is 476 g/mol. The van der Waals surface area contributed by atoms with Gasteiger partial charge in [0.1, 0.15) is 0 Å². The largest absolute Gasteiger partial charge is 0.871 e. The van der Waals surface area contributed by atoms with Crippen molar-refractivity contribution in [2.45, 2.75) is 58.9 Å². The predicted octanol–water partition coefficient (Wildman–Crippen LogP) is 4.09. The number of unbranched alkanes of at least 4 members (excludes halogenated alkanes) is 1. The molecule has 35 heavy (non-hydrogen) atoms. The van der Waals surface area contributed by atoms with E-state index in [0.717, 1.165) is 41.7 Å². The number of carboxylic acids is 1. The molecule has 0 spiro atoms. The van der Waals surface area contributed by atoms with Crippen LogP contribution in [-0.4, -0.2) is 36.1 Å². The average Bonchev–Trinajstić information content (AvgIpc) is 2.85. The molecule has 1 aliphatic heterocycles. The van der Waals surface area contributed by atoms with E-state index in [1.54, 1.807) is 24.3 Å². The van der Waals surface area contributed by atoms with E-state index in [2.05, 4.69) is 38.2 Å². The van der Waals surface area contributed by atoms with Gasteiger partial charge in [-0.3, -0.25) is 4.79 Å². The molecule has 3 N–H and O–H groups in total. The second kappa shape index (κ2) is 12.4. The molecular formula is C29H36N2O4. The van der Waals surface area contributed by atoms with E-state index in [4.69, 9.17) is 5.11 Å². The molecule has 0 saturated carbocycles. The quantitative estimate of drug-likeness (QED) is 0.500. The Bertz CT molecular complexity index is 1150. The van der Waals surface area contributed by atoms with Gasteiger partial charge < -0.3 is 20.4 Å². The first-order valence-corrected chi connectivity index (χ1v) is 12.5. The molecule has 6 heteroatoms. The number of fused-ring (bicyclic) bond motifs is 1. The lowest BCUT2D eigenvalue weighted by Gasteiger charge is -2.31. The average molecular weight is 477 g/mol. The Morgan fingerprint density at radius 3 is 2.43 bits per heavy atom. The van der Waals surface area contributed by atoms with Gasteiger partial charge in [-0.1, -0.05) is 67.6 Å². The number of rotatable bonds is 6. The van der Waals surface area contributed by atoms with E-state index in [-0.39, 0.29) is 17.5 Å². The molecule has 0 radical (unpaired) electrons. The molecule has 0 aromatic heterocycles. The Morgan fingerprint density at radius 2 is 1.74 bits per heavy atom. The number of likely N-dealkylation sites (tertiary alicyclic amines) is 1. The number of amides is 1. The zero-order valence-electron chi connectivity index (χ0n) is 20.9. The van der Waals surface area contributed by atoms with E-state index in [1.165, 1.54) is 36.6 Å². The molecular weight excluding hydrogens is 440 g/mol. The van der Waals surface area contributed by atoms with Crippen LogP contribution in [0.5, 0.6) is 5.75 Å². The second-order valence-electron chi connectivity index (χ2n) is 9.28. The molecule has 4 rings (SSSR count). The lowest BCUT2D eigenvalue weighted by Crippen LogP contribution is -3.17. The SMILES string of the molecule is CCCC[NH+]1CCCCC1C(=O)Nc1c(C)cccc1C.O=C(O)c1ccc2ccccc2c1[O-]. The maximum absolute atomic E-state index is 12.7. The number of carbonyl (C=O) groups excluding carboxylic acids is 1. The van der Waals surface area contributed by atoms with Gasteiger partial charge in [0.05, 0.1) is 18.7 Å². The van der Waals surface area contributed by atoms with Crippen LogP contribution in [0.4, 0.5) is 5.69 Å². The van der Waals surface area contributed by atoms with Crippen LogP contribution in [0.3, 0.4) is 0 Å². The molecule has 3 aromatic carbocycles. The van der Waals surface area contributed by atoms with E-state index in [1.807, 2.05) is 12.1 Å². The van der Waals surface area contributed by atoms with Gasteiger partial charge in [-0.15, -0.1) is 0 Å². The summed E-state index contributed by atoms with van der Waals surface area (Å²) in [4.78, 5) is 24.9. The molecule has 0 bridgehead atoms. The first kappa shape index (κ1) is 26.2.